The van der Waals surface area contributed by atoms with Crippen molar-refractivity contribution < 1.29 is 22.4 Å². The molecule has 0 aliphatic carbocycles. The van der Waals surface area contributed by atoms with E-state index >= 15 is 0 Å². The van der Waals surface area contributed by atoms with E-state index in [1.54, 1.807) is 17.0 Å². The summed E-state index contributed by atoms with van der Waals surface area (Å²) in [6, 6.07) is 9.70. The molecule has 33 heavy (non-hydrogen) atoms. The lowest BCUT2D eigenvalue weighted by Crippen LogP contribution is -2.33. The van der Waals surface area contributed by atoms with Gasteiger partial charge in [-0.25, -0.2) is 4.39 Å². The van der Waals surface area contributed by atoms with Crippen LogP contribution in [0.4, 0.5) is 17.6 Å². The number of alkyl halides is 3. The Kier molecular flexibility index (Phi) is 6.43. The summed E-state index contributed by atoms with van der Waals surface area (Å²) in [5.74, 6) is -0.379. The first kappa shape index (κ1) is 23.2. The molecule has 5 nitrogen and oxygen atoms in total. The van der Waals surface area contributed by atoms with Gasteiger partial charge in [-0.05, 0) is 55.2 Å². The van der Waals surface area contributed by atoms with Crippen LogP contribution in [0.2, 0.25) is 5.02 Å². The maximum Gasteiger partial charge on any atom is 0.419 e. The van der Waals surface area contributed by atoms with Gasteiger partial charge in [-0.15, -0.1) is 10.2 Å². The molecule has 1 amide bonds. The standard InChI is InChI=1S/C23H21ClF4N4O/c1-14-29-30-22(32(14)13-15-4-7-17(24)8-5-15)20-3-2-10-31(20)21(33)12-16-6-9-19(25)18(11-16)23(26,27)28/h4-9,11,20H,2-3,10,12-13H2,1H3/t20-/m1/s1. The molecule has 0 saturated carbocycles. The molecule has 4 rings (SSSR count). The molecule has 10 heteroatoms. The molecule has 1 aliphatic rings. The minimum absolute atomic E-state index is 0.109. The first-order valence-electron chi connectivity index (χ1n) is 10.4. The molecule has 0 bridgehead atoms. The fraction of sp³-hybridized carbons (Fsp3) is 0.348. The molecule has 1 atom stereocenters. The number of likely N-dealkylation sites (tertiary alicyclic amines) is 1. The Morgan fingerprint density at radius 3 is 2.52 bits per heavy atom. The largest absolute Gasteiger partial charge is 0.419 e. The van der Waals surface area contributed by atoms with E-state index in [1.165, 1.54) is 6.07 Å². The van der Waals surface area contributed by atoms with E-state index in [9.17, 15) is 22.4 Å². The number of halogens is 5. The summed E-state index contributed by atoms with van der Waals surface area (Å²) in [4.78, 5) is 14.7. The minimum Gasteiger partial charge on any atom is -0.332 e. The van der Waals surface area contributed by atoms with Gasteiger partial charge in [0.05, 0.1) is 24.6 Å². The van der Waals surface area contributed by atoms with Gasteiger partial charge in [0.15, 0.2) is 5.82 Å². The van der Waals surface area contributed by atoms with Gasteiger partial charge in [-0.2, -0.15) is 13.2 Å². The number of aromatic nitrogens is 3. The highest BCUT2D eigenvalue weighted by Crippen LogP contribution is 2.34. The van der Waals surface area contributed by atoms with Crippen LogP contribution < -0.4 is 0 Å². The van der Waals surface area contributed by atoms with Crippen LogP contribution in [-0.4, -0.2) is 32.1 Å². The number of hydrogen-bond donors (Lipinski definition) is 0. The molecule has 0 unspecified atom stereocenters. The number of rotatable bonds is 5. The van der Waals surface area contributed by atoms with Gasteiger partial charge < -0.3 is 9.47 Å². The minimum atomic E-state index is -4.82. The molecule has 0 spiro atoms. The maximum absolute atomic E-state index is 13.6. The summed E-state index contributed by atoms with van der Waals surface area (Å²) in [6.45, 7) is 2.78. The third-order valence-corrected chi connectivity index (χ3v) is 6.03. The van der Waals surface area contributed by atoms with Crippen LogP contribution in [0.25, 0.3) is 0 Å². The van der Waals surface area contributed by atoms with E-state index in [2.05, 4.69) is 10.2 Å². The van der Waals surface area contributed by atoms with Crippen LogP contribution in [0, 0.1) is 12.7 Å². The molecule has 1 aliphatic heterocycles. The van der Waals surface area contributed by atoms with E-state index in [0.29, 0.717) is 42.2 Å². The second-order valence-corrected chi connectivity index (χ2v) is 8.49. The van der Waals surface area contributed by atoms with E-state index in [4.69, 9.17) is 11.6 Å². The first-order valence-corrected chi connectivity index (χ1v) is 10.8. The molecule has 1 aromatic heterocycles. The average molecular weight is 481 g/mol. The molecule has 1 fully saturated rings. The predicted molar refractivity (Wildman–Crippen MR) is 114 cm³/mol. The van der Waals surface area contributed by atoms with Crippen molar-refractivity contribution in [2.75, 3.05) is 6.54 Å². The lowest BCUT2D eigenvalue weighted by molar-refractivity contribution is -0.140. The van der Waals surface area contributed by atoms with Crippen LogP contribution in [0.3, 0.4) is 0 Å². The van der Waals surface area contributed by atoms with E-state index in [-0.39, 0.29) is 23.9 Å². The van der Waals surface area contributed by atoms with E-state index < -0.39 is 17.6 Å². The SMILES string of the molecule is Cc1nnc([C@H]2CCCN2C(=O)Cc2ccc(F)c(C(F)(F)F)c2)n1Cc1ccc(Cl)cc1. The van der Waals surface area contributed by atoms with Crippen molar-refractivity contribution in [2.45, 2.75) is 44.9 Å². The average Bonchev–Trinajstić information content (AvgIpc) is 3.37. The summed E-state index contributed by atoms with van der Waals surface area (Å²) in [7, 11) is 0. The number of benzene rings is 2. The normalized spacial score (nSPS) is 16.4. The van der Waals surface area contributed by atoms with Crippen LogP contribution in [0.1, 0.15) is 47.2 Å². The number of aryl methyl sites for hydroxylation is 1. The lowest BCUT2D eigenvalue weighted by atomic mass is 10.1. The topological polar surface area (TPSA) is 51.0 Å². The van der Waals surface area contributed by atoms with E-state index in [1.807, 2.05) is 23.6 Å². The van der Waals surface area contributed by atoms with Gasteiger partial charge >= 0.3 is 6.18 Å². The van der Waals surface area contributed by atoms with Crippen molar-refractivity contribution in [3.8, 4) is 0 Å². The number of hydrogen-bond acceptors (Lipinski definition) is 3. The van der Waals surface area contributed by atoms with Crippen molar-refractivity contribution in [1.82, 2.24) is 19.7 Å². The number of amides is 1. The van der Waals surface area contributed by atoms with Crippen molar-refractivity contribution >= 4 is 17.5 Å². The third kappa shape index (κ3) is 5.03. The Labute approximate surface area is 193 Å². The highest BCUT2D eigenvalue weighted by atomic mass is 35.5. The smallest absolute Gasteiger partial charge is 0.332 e. The fourth-order valence-electron chi connectivity index (χ4n) is 4.12. The van der Waals surface area contributed by atoms with E-state index in [0.717, 1.165) is 18.1 Å². The quantitative estimate of drug-likeness (QED) is 0.462. The van der Waals surface area contributed by atoms with Crippen molar-refractivity contribution in [2.24, 2.45) is 0 Å². The molecular formula is C23H21ClF4N4O. The summed E-state index contributed by atoms with van der Waals surface area (Å²) in [6.07, 6.45) is -3.68. The van der Waals surface area contributed by atoms with Crippen LogP contribution in [0.15, 0.2) is 42.5 Å². The molecule has 1 saturated heterocycles. The first-order chi connectivity index (χ1) is 15.6. The van der Waals surface area contributed by atoms with Gasteiger partial charge in [0.25, 0.3) is 0 Å². The van der Waals surface area contributed by atoms with Crippen molar-refractivity contribution in [3.05, 3.63) is 81.6 Å². The number of carbonyl (C=O) groups excluding carboxylic acids is 1. The van der Waals surface area contributed by atoms with Crippen LogP contribution in [-0.2, 0) is 23.9 Å². The van der Waals surface area contributed by atoms with Gasteiger partial charge in [-0.3, -0.25) is 4.79 Å². The third-order valence-electron chi connectivity index (χ3n) is 5.78. The second kappa shape index (κ2) is 9.13. The van der Waals surface area contributed by atoms with Crippen molar-refractivity contribution in [3.63, 3.8) is 0 Å². The lowest BCUT2D eigenvalue weighted by Gasteiger charge is -2.25. The molecular weight excluding hydrogens is 460 g/mol. The fourth-order valence-corrected chi connectivity index (χ4v) is 4.25. The van der Waals surface area contributed by atoms with Gasteiger partial charge in [-0.1, -0.05) is 29.8 Å². The molecule has 2 heterocycles. The van der Waals surface area contributed by atoms with Crippen LogP contribution in [0.5, 0.6) is 0 Å². The van der Waals surface area contributed by atoms with Crippen molar-refractivity contribution in [1.29, 1.82) is 0 Å². The maximum atomic E-state index is 13.6. The summed E-state index contributed by atoms with van der Waals surface area (Å²) in [5, 5.41) is 9.11. The molecule has 2 aromatic carbocycles. The molecule has 0 N–H and O–H groups in total. The number of nitrogens with zero attached hydrogens (tertiary/aromatic N) is 4. The highest BCUT2D eigenvalue weighted by molar-refractivity contribution is 6.30. The highest BCUT2D eigenvalue weighted by Gasteiger charge is 2.36. The Morgan fingerprint density at radius 1 is 1.12 bits per heavy atom. The Bertz CT molecular complexity index is 1160. The molecule has 174 valence electrons. The monoisotopic (exact) mass is 480 g/mol. The molecule has 3 aromatic rings. The summed E-state index contributed by atoms with van der Waals surface area (Å²) < 4.78 is 54.6. The second-order valence-electron chi connectivity index (χ2n) is 8.05. The zero-order chi connectivity index (χ0) is 23.8. The predicted octanol–water partition coefficient (Wildman–Crippen LogP) is 5.35. The summed E-state index contributed by atoms with van der Waals surface area (Å²) in [5.41, 5.74) is -0.271. The van der Waals surface area contributed by atoms with Crippen LogP contribution >= 0.6 is 11.6 Å². The Morgan fingerprint density at radius 2 is 1.82 bits per heavy atom. The molecule has 0 radical (unpaired) electrons. The Balaban J connectivity index is 1.55. The number of carbonyl (C=O) groups is 1. The zero-order valence-corrected chi connectivity index (χ0v) is 18.5. The van der Waals surface area contributed by atoms with Gasteiger partial charge in [0.1, 0.15) is 11.6 Å². The van der Waals surface area contributed by atoms with Gasteiger partial charge in [0, 0.05) is 11.6 Å². The summed E-state index contributed by atoms with van der Waals surface area (Å²) >= 11 is 5.96. The Hall–Kier alpha value is -2.94. The van der Waals surface area contributed by atoms with Gasteiger partial charge in [0.2, 0.25) is 5.91 Å². The zero-order valence-electron chi connectivity index (χ0n) is 17.7.